The van der Waals surface area contributed by atoms with Gasteiger partial charge in [-0.2, -0.15) is 5.01 Å². The fraction of sp³-hybridized carbons (Fsp3) is 0.0909. The summed E-state index contributed by atoms with van der Waals surface area (Å²) >= 11 is 5.91. The normalized spacial score (nSPS) is 15.3. The van der Waals surface area contributed by atoms with Crippen molar-refractivity contribution in [3.05, 3.63) is 94.8 Å². The highest BCUT2D eigenvalue weighted by Crippen LogP contribution is 2.31. The summed E-state index contributed by atoms with van der Waals surface area (Å²) < 4.78 is 11.3. The molecular formula is C22H16ClN3O4. The Labute approximate surface area is 177 Å². The SMILES string of the molecule is CC(=O)N1N=C(c2ccncc2)O[C@@H]1c1ccc(OC(=O)c2cccc(Cl)c2)cc1. The summed E-state index contributed by atoms with van der Waals surface area (Å²) in [5.74, 6) is -0.100. The van der Waals surface area contributed by atoms with Crippen LogP contribution in [0.1, 0.15) is 34.6 Å². The molecule has 0 saturated heterocycles. The number of halogens is 1. The van der Waals surface area contributed by atoms with Crippen molar-refractivity contribution in [1.29, 1.82) is 0 Å². The first-order valence-electron chi connectivity index (χ1n) is 9.04. The van der Waals surface area contributed by atoms with Gasteiger partial charge in [0.05, 0.1) is 5.56 Å². The molecule has 0 unspecified atom stereocenters. The van der Waals surface area contributed by atoms with E-state index in [0.717, 1.165) is 0 Å². The molecule has 1 aromatic heterocycles. The fourth-order valence-corrected chi connectivity index (χ4v) is 3.07. The van der Waals surface area contributed by atoms with Gasteiger partial charge in [-0.05, 0) is 54.6 Å². The molecule has 1 atom stereocenters. The van der Waals surface area contributed by atoms with Gasteiger partial charge in [0.2, 0.25) is 18.0 Å². The Morgan fingerprint density at radius 3 is 2.47 bits per heavy atom. The fourth-order valence-electron chi connectivity index (χ4n) is 2.88. The number of carbonyl (C=O) groups excluding carboxylic acids is 2. The van der Waals surface area contributed by atoms with Crippen LogP contribution in [0.4, 0.5) is 0 Å². The summed E-state index contributed by atoms with van der Waals surface area (Å²) in [6.45, 7) is 1.41. The van der Waals surface area contributed by atoms with Gasteiger partial charge in [0, 0.05) is 35.5 Å². The van der Waals surface area contributed by atoms with E-state index in [9.17, 15) is 9.59 Å². The molecule has 0 aliphatic carbocycles. The van der Waals surface area contributed by atoms with Gasteiger partial charge in [0.25, 0.3) is 0 Å². The minimum absolute atomic E-state index is 0.263. The largest absolute Gasteiger partial charge is 0.446 e. The maximum atomic E-state index is 12.3. The Hall–Kier alpha value is -3.71. The number of ether oxygens (including phenoxy) is 2. The molecule has 3 aromatic rings. The van der Waals surface area contributed by atoms with Gasteiger partial charge in [-0.1, -0.05) is 17.7 Å². The van der Waals surface area contributed by atoms with Crippen LogP contribution in [-0.2, 0) is 9.53 Å². The molecule has 1 aliphatic rings. The van der Waals surface area contributed by atoms with Crippen LogP contribution in [0.25, 0.3) is 0 Å². The lowest BCUT2D eigenvalue weighted by Gasteiger charge is -2.19. The summed E-state index contributed by atoms with van der Waals surface area (Å²) in [6, 6.07) is 16.7. The highest BCUT2D eigenvalue weighted by atomic mass is 35.5. The molecule has 150 valence electrons. The van der Waals surface area contributed by atoms with Crippen LogP contribution in [0, 0.1) is 0 Å². The molecule has 0 saturated carbocycles. The van der Waals surface area contributed by atoms with E-state index in [1.807, 2.05) is 0 Å². The van der Waals surface area contributed by atoms with Crippen molar-refractivity contribution in [3.8, 4) is 5.75 Å². The number of hydrogen-bond donors (Lipinski definition) is 0. The monoisotopic (exact) mass is 421 g/mol. The van der Waals surface area contributed by atoms with E-state index in [-0.39, 0.29) is 5.91 Å². The Kier molecular flexibility index (Phi) is 5.45. The molecule has 0 bridgehead atoms. The Balaban J connectivity index is 1.50. The number of hydrazone groups is 1. The molecule has 30 heavy (non-hydrogen) atoms. The Bertz CT molecular complexity index is 1120. The molecular weight excluding hydrogens is 406 g/mol. The molecule has 0 N–H and O–H groups in total. The smallest absolute Gasteiger partial charge is 0.343 e. The summed E-state index contributed by atoms with van der Waals surface area (Å²) in [7, 11) is 0. The van der Waals surface area contributed by atoms with Crippen LogP contribution in [0.5, 0.6) is 5.75 Å². The predicted molar refractivity (Wildman–Crippen MR) is 110 cm³/mol. The summed E-state index contributed by atoms with van der Waals surface area (Å²) in [5.41, 5.74) is 1.75. The first-order valence-corrected chi connectivity index (χ1v) is 9.42. The van der Waals surface area contributed by atoms with E-state index < -0.39 is 12.2 Å². The number of rotatable bonds is 4. The van der Waals surface area contributed by atoms with E-state index >= 15 is 0 Å². The highest BCUT2D eigenvalue weighted by Gasteiger charge is 2.33. The van der Waals surface area contributed by atoms with Crippen LogP contribution in [0.3, 0.4) is 0 Å². The lowest BCUT2D eigenvalue weighted by molar-refractivity contribution is -0.135. The van der Waals surface area contributed by atoms with Crippen LogP contribution in [0.2, 0.25) is 5.02 Å². The Morgan fingerprint density at radius 1 is 1.07 bits per heavy atom. The summed E-state index contributed by atoms with van der Waals surface area (Å²) in [6.07, 6.45) is 2.52. The number of esters is 1. The van der Waals surface area contributed by atoms with E-state index in [2.05, 4.69) is 10.1 Å². The van der Waals surface area contributed by atoms with Crippen molar-refractivity contribution in [2.75, 3.05) is 0 Å². The maximum Gasteiger partial charge on any atom is 0.343 e. The second kappa shape index (κ2) is 8.34. The van der Waals surface area contributed by atoms with Gasteiger partial charge < -0.3 is 9.47 Å². The van der Waals surface area contributed by atoms with Gasteiger partial charge in [-0.25, -0.2) is 4.79 Å². The van der Waals surface area contributed by atoms with Crippen molar-refractivity contribution in [2.45, 2.75) is 13.2 Å². The zero-order valence-electron chi connectivity index (χ0n) is 15.9. The van der Waals surface area contributed by atoms with Crippen LogP contribution >= 0.6 is 11.6 Å². The molecule has 8 heteroatoms. The third-order valence-electron chi connectivity index (χ3n) is 4.33. The first-order chi connectivity index (χ1) is 14.5. The van der Waals surface area contributed by atoms with Gasteiger partial charge in [-0.3, -0.25) is 9.78 Å². The lowest BCUT2D eigenvalue weighted by atomic mass is 10.2. The molecule has 0 radical (unpaired) electrons. The van der Waals surface area contributed by atoms with Crippen molar-refractivity contribution in [3.63, 3.8) is 0 Å². The van der Waals surface area contributed by atoms with E-state index in [1.165, 1.54) is 18.0 Å². The van der Waals surface area contributed by atoms with Crippen molar-refractivity contribution in [1.82, 2.24) is 9.99 Å². The van der Waals surface area contributed by atoms with Crippen molar-refractivity contribution in [2.24, 2.45) is 5.10 Å². The molecule has 0 spiro atoms. The van der Waals surface area contributed by atoms with E-state index in [4.69, 9.17) is 21.1 Å². The standard InChI is InChI=1S/C22H16ClN3O4/c1-14(27)26-21(30-20(25-26)15-9-11-24-12-10-15)16-5-7-19(8-6-16)29-22(28)17-3-2-4-18(23)13-17/h2-13,21H,1H3/t21-/m1/s1. The quantitative estimate of drug-likeness (QED) is 0.466. The van der Waals surface area contributed by atoms with Gasteiger partial charge >= 0.3 is 5.97 Å². The second-order valence-electron chi connectivity index (χ2n) is 6.44. The number of benzene rings is 2. The molecule has 1 amide bonds. The summed E-state index contributed by atoms with van der Waals surface area (Å²) in [4.78, 5) is 28.3. The van der Waals surface area contributed by atoms with Crippen LogP contribution in [0.15, 0.2) is 78.2 Å². The average molecular weight is 422 g/mol. The molecule has 4 rings (SSSR count). The number of hydrogen-bond acceptors (Lipinski definition) is 6. The zero-order chi connectivity index (χ0) is 21.1. The molecule has 2 heterocycles. The third kappa shape index (κ3) is 4.16. The first kappa shape index (κ1) is 19.6. The zero-order valence-corrected chi connectivity index (χ0v) is 16.6. The van der Waals surface area contributed by atoms with Crippen LogP contribution < -0.4 is 4.74 Å². The van der Waals surface area contributed by atoms with E-state index in [0.29, 0.717) is 33.4 Å². The molecule has 1 aliphatic heterocycles. The predicted octanol–water partition coefficient (Wildman–Crippen LogP) is 4.19. The third-order valence-corrected chi connectivity index (χ3v) is 4.57. The number of carbonyl (C=O) groups is 2. The highest BCUT2D eigenvalue weighted by molar-refractivity contribution is 6.30. The number of pyridine rings is 1. The van der Waals surface area contributed by atoms with Crippen molar-refractivity contribution >= 4 is 29.4 Å². The number of aromatic nitrogens is 1. The molecule has 2 aromatic carbocycles. The molecule has 0 fully saturated rings. The summed E-state index contributed by atoms with van der Waals surface area (Å²) in [5, 5.41) is 6.00. The van der Waals surface area contributed by atoms with Gasteiger partial charge in [-0.15, -0.1) is 5.10 Å². The van der Waals surface area contributed by atoms with E-state index in [1.54, 1.807) is 67.0 Å². The minimum atomic E-state index is -0.719. The molecule has 7 nitrogen and oxygen atoms in total. The number of nitrogens with zero attached hydrogens (tertiary/aromatic N) is 3. The van der Waals surface area contributed by atoms with Crippen molar-refractivity contribution < 1.29 is 19.1 Å². The lowest BCUT2D eigenvalue weighted by Crippen LogP contribution is -2.25. The van der Waals surface area contributed by atoms with Gasteiger partial charge in [0.15, 0.2) is 0 Å². The van der Waals surface area contributed by atoms with Crippen LogP contribution in [-0.4, -0.2) is 27.8 Å². The topological polar surface area (TPSA) is 81.1 Å². The number of amides is 1. The maximum absolute atomic E-state index is 12.3. The van der Waals surface area contributed by atoms with Gasteiger partial charge in [0.1, 0.15) is 5.75 Å². The minimum Gasteiger partial charge on any atom is -0.446 e. The second-order valence-corrected chi connectivity index (χ2v) is 6.88. The Morgan fingerprint density at radius 2 is 1.80 bits per heavy atom. The average Bonchev–Trinajstić information content (AvgIpc) is 3.21.